The number of carbonyl (C=O) groups excluding carboxylic acids is 1. The smallest absolute Gasteiger partial charge is 0.223 e. The van der Waals surface area contributed by atoms with E-state index in [1.807, 2.05) is 13.8 Å². The largest absolute Gasteiger partial charge is 0.356 e. The van der Waals surface area contributed by atoms with E-state index in [4.69, 9.17) is 0 Å². The molecule has 7 heteroatoms. The highest BCUT2D eigenvalue weighted by Crippen LogP contribution is 2.24. The third-order valence-electron chi connectivity index (χ3n) is 4.73. The second-order valence-corrected chi connectivity index (χ2v) is 7.35. The average molecular weight is 380 g/mol. The lowest BCUT2D eigenvalue weighted by Crippen LogP contribution is -2.47. The minimum Gasteiger partial charge on any atom is -0.356 e. The fourth-order valence-corrected chi connectivity index (χ4v) is 3.40. The molecule has 1 aliphatic carbocycles. The van der Waals surface area contributed by atoms with E-state index in [0.29, 0.717) is 24.5 Å². The predicted octanol–water partition coefficient (Wildman–Crippen LogP) is 2.76. The van der Waals surface area contributed by atoms with Gasteiger partial charge in [0.2, 0.25) is 5.91 Å². The third-order valence-corrected chi connectivity index (χ3v) is 4.73. The molecule has 0 aromatic heterocycles. The predicted molar refractivity (Wildman–Crippen MR) is 104 cm³/mol. The van der Waals surface area contributed by atoms with Gasteiger partial charge in [0.15, 0.2) is 5.96 Å². The number of hydrogen-bond donors (Lipinski definition) is 3. The molecule has 1 aliphatic rings. The Morgan fingerprint density at radius 1 is 1.30 bits per heavy atom. The van der Waals surface area contributed by atoms with Crippen LogP contribution in [0.3, 0.4) is 0 Å². The Balaban J connectivity index is 1.82. The van der Waals surface area contributed by atoms with Crippen LogP contribution < -0.4 is 16.0 Å². The van der Waals surface area contributed by atoms with Crippen molar-refractivity contribution in [3.05, 3.63) is 35.4 Å². The number of hydrogen-bond acceptors (Lipinski definition) is 2. The lowest BCUT2D eigenvalue weighted by molar-refractivity contribution is -0.126. The normalized spacial score (nSPS) is 20.4. The summed E-state index contributed by atoms with van der Waals surface area (Å²) < 4.78 is 26.9. The number of rotatable bonds is 6. The standard InChI is InChI=1S/C20H30F2N4O/c1-13(2)25-19(27)15-5-4-6-17(12-15)26-20(23-3)24-10-9-14-11-16(21)7-8-18(14)22/h7-8,11,13,15,17H,4-6,9-10,12H2,1-3H3,(H,25,27)(H2,23,24,26). The molecule has 1 fully saturated rings. The van der Waals surface area contributed by atoms with Gasteiger partial charge in [-0.3, -0.25) is 9.79 Å². The molecule has 5 nitrogen and oxygen atoms in total. The van der Waals surface area contributed by atoms with Gasteiger partial charge in [0.1, 0.15) is 11.6 Å². The number of nitrogens with zero attached hydrogens (tertiary/aromatic N) is 1. The first kappa shape index (κ1) is 21.1. The summed E-state index contributed by atoms with van der Waals surface area (Å²) in [6, 6.07) is 3.78. The van der Waals surface area contributed by atoms with E-state index in [1.165, 1.54) is 6.07 Å². The van der Waals surface area contributed by atoms with Crippen molar-refractivity contribution < 1.29 is 13.6 Å². The van der Waals surface area contributed by atoms with Crippen LogP contribution in [0.2, 0.25) is 0 Å². The van der Waals surface area contributed by atoms with Crippen LogP contribution >= 0.6 is 0 Å². The highest BCUT2D eigenvalue weighted by Gasteiger charge is 2.27. The Hall–Kier alpha value is -2.18. The van der Waals surface area contributed by atoms with Gasteiger partial charge in [0, 0.05) is 31.6 Å². The lowest BCUT2D eigenvalue weighted by Gasteiger charge is -2.30. The van der Waals surface area contributed by atoms with Gasteiger partial charge in [-0.05, 0) is 63.3 Å². The molecule has 2 rings (SSSR count). The Morgan fingerprint density at radius 3 is 2.78 bits per heavy atom. The maximum atomic E-state index is 13.7. The second-order valence-electron chi connectivity index (χ2n) is 7.35. The van der Waals surface area contributed by atoms with Crippen LogP contribution in [0, 0.1) is 17.6 Å². The zero-order valence-corrected chi connectivity index (χ0v) is 16.3. The molecular formula is C20H30F2N4O. The number of aliphatic imine (C=N–C) groups is 1. The van der Waals surface area contributed by atoms with Gasteiger partial charge in [-0.15, -0.1) is 0 Å². The SMILES string of the molecule is CN=C(NCCc1cc(F)ccc1F)NC1CCCC(C(=O)NC(C)C)C1. The maximum Gasteiger partial charge on any atom is 0.223 e. The van der Waals surface area contributed by atoms with Gasteiger partial charge in [-0.25, -0.2) is 8.78 Å². The Kier molecular flexibility index (Phi) is 8.00. The molecule has 1 saturated carbocycles. The molecular weight excluding hydrogens is 350 g/mol. The van der Waals surface area contributed by atoms with E-state index < -0.39 is 11.6 Å². The van der Waals surface area contributed by atoms with Crippen LogP contribution in [0.5, 0.6) is 0 Å². The van der Waals surface area contributed by atoms with E-state index in [1.54, 1.807) is 7.05 Å². The molecule has 0 spiro atoms. The lowest BCUT2D eigenvalue weighted by atomic mass is 9.85. The minimum absolute atomic E-state index is 0.0122. The van der Waals surface area contributed by atoms with E-state index in [-0.39, 0.29) is 23.9 Å². The van der Waals surface area contributed by atoms with E-state index in [0.717, 1.165) is 37.8 Å². The van der Waals surface area contributed by atoms with E-state index >= 15 is 0 Å². The van der Waals surface area contributed by atoms with Crippen molar-refractivity contribution in [1.29, 1.82) is 0 Å². The van der Waals surface area contributed by atoms with Crippen molar-refractivity contribution >= 4 is 11.9 Å². The summed E-state index contributed by atoms with van der Waals surface area (Å²) in [5, 5.41) is 9.47. The molecule has 2 unspecified atom stereocenters. The summed E-state index contributed by atoms with van der Waals surface area (Å²) in [4.78, 5) is 16.4. The summed E-state index contributed by atoms with van der Waals surface area (Å²) in [6.45, 7) is 4.36. The van der Waals surface area contributed by atoms with Crippen LogP contribution in [0.15, 0.2) is 23.2 Å². The van der Waals surface area contributed by atoms with Crippen LogP contribution in [-0.4, -0.2) is 37.5 Å². The molecule has 0 radical (unpaired) electrons. The van der Waals surface area contributed by atoms with Gasteiger partial charge >= 0.3 is 0 Å². The first-order valence-electron chi connectivity index (χ1n) is 9.60. The van der Waals surface area contributed by atoms with Crippen molar-refractivity contribution in [2.75, 3.05) is 13.6 Å². The van der Waals surface area contributed by atoms with Crippen molar-refractivity contribution in [1.82, 2.24) is 16.0 Å². The molecule has 1 amide bonds. The maximum absolute atomic E-state index is 13.7. The molecule has 1 aromatic rings. The van der Waals surface area contributed by atoms with Crippen molar-refractivity contribution in [3.63, 3.8) is 0 Å². The fraction of sp³-hybridized carbons (Fsp3) is 0.600. The number of benzene rings is 1. The van der Waals surface area contributed by atoms with Crippen LogP contribution in [0.1, 0.15) is 45.1 Å². The molecule has 1 aromatic carbocycles. The van der Waals surface area contributed by atoms with Crippen molar-refractivity contribution in [2.24, 2.45) is 10.9 Å². The van der Waals surface area contributed by atoms with Gasteiger partial charge in [-0.1, -0.05) is 6.42 Å². The first-order chi connectivity index (χ1) is 12.9. The van der Waals surface area contributed by atoms with E-state index in [9.17, 15) is 13.6 Å². The molecule has 2 atom stereocenters. The molecule has 27 heavy (non-hydrogen) atoms. The van der Waals surface area contributed by atoms with Gasteiger partial charge in [0.25, 0.3) is 0 Å². The van der Waals surface area contributed by atoms with Crippen LogP contribution in [0.25, 0.3) is 0 Å². The number of guanidine groups is 1. The summed E-state index contributed by atoms with van der Waals surface area (Å²) in [7, 11) is 1.67. The van der Waals surface area contributed by atoms with Gasteiger partial charge in [0.05, 0.1) is 0 Å². The van der Waals surface area contributed by atoms with Crippen LogP contribution in [-0.2, 0) is 11.2 Å². The van der Waals surface area contributed by atoms with Crippen LogP contribution in [0.4, 0.5) is 8.78 Å². The second kappa shape index (κ2) is 10.2. The topological polar surface area (TPSA) is 65.5 Å². The zero-order valence-electron chi connectivity index (χ0n) is 16.3. The van der Waals surface area contributed by atoms with E-state index in [2.05, 4.69) is 20.9 Å². The number of halogens is 2. The first-order valence-corrected chi connectivity index (χ1v) is 9.60. The highest BCUT2D eigenvalue weighted by atomic mass is 19.1. The molecule has 0 heterocycles. The molecule has 0 aliphatic heterocycles. The summed E-state index contributed by atoms with van der Waals surface area (Å²) >= 11 is 0. The third kappa shape index (κ3) is 6.81. The Morgan fingerprint density at radius 2 is 2.07 bits per heavy atom. The Labute approximate surface area is 160 Å². The monoisotopic (exact) mass is 380 g/mol. The average Bonchev–Trinajstić information content (AvgIpc) is 2.63. The molecule has 150 valence electrons. The summed E-state index contributed by atoms with van der Waals surface area (Å²) in [5.41, 5.74) is 0.334. The fourth-order valence-electron chi connectivity index (χ4n) is 3.40. The Bertz CT molecular complexity index is 663. The number of nitrogens with one attached hydrogen (secondary N) is 3. The van der Waals surface area contributed by atoms with Gasteiger partial charge < -0.3 is 16.0 Å². The van der Waals surface area contributed by atoms with Crippen molar-refractivity contribution in [3.8, 4) is 0 Å². The molecule has 3 N–H and O–H groups in total. The molecule has 0 bridgehead atoms. The highest BCUT2D eigenvalue weighted by molar-refractivity contribution is 5.81. The minimum atomic E-state index is -0.443. The van der Waals surface area contributed by atoms with Crippen molar-refractivity contribution in [2.45, 2.75) is 58.0 Å². The number of carbonyl (C=O) groups is 1. The zero-order chi connectivity index (χ0) is 19.8. The van der Waals surface area contributed by atoms with Gasteiger partial charge in [-0.2, -0.15) is 0 Å². The summed E-state index contributed by atoms with van der Waals surface area (Å²) in [5.74, 6) is -0.116. The summed E-state index contributed by atoms with van der Waals surface area (Å²) in [6.07, 6.45) is 3.98. The quantitative estimate of drug-likeness (QED) is 0.525. The molecule has 0 saturated heterocycles. The number of amides is 1.